The maximum atomic E-state index is 5.85. The highest BCUT2D eigenvalue weighted by Crippen LogP contribution is 2.20. The largest absolute Gasteiger partial charge is 0.354 e. The number of hydrogen-bond donors (Lipinski definition) is 2. The van der Waals surface area contributed by atoms with Crippen LogP contribution in [0.15, 0.2) is 12.3 Å². The average molecular weight is 220 g/mol. The second-order valence-electron chi connectivity index (χ2n) is 4.43. The van der Waals surface area contributed by atoms with Gasteiger partial charge in [-0.3, -0.25) is 0 Å². The quantitative estimate of drug-likeness (QED) is 0.775. The normalized spacial score (nSPS) is 18.6. The van der Waals surface area contributed by atoms with Crippen molar-refractivity contribution in [3.63, 3.8) is 0 Å². The number of piperazine rings is 1. The zero-order chi connectivity index (χ0) is 11.5. The van der Waals surface area contributed by atoms with Crippen LogP contribution in [-0.4, -0.2) is 31.2 Å². The fourth-order valence-electron chi connectivity index (χ4n) is 2.05. The van der Waals surface area contributed by atoms with Gasteiger partial charge in [0.25, 0.3) is 0 Å². The van der Waals surface area contributed by atoms with Crippen molar-refractivity contribution in [1.29, 1.82) is 0 Å². The van der Waals surface area contributed by atoms with Gasteiger partial charge in [0.2, 0.25) is 0 Å². The molecule has 1 saturated heterocycles. The Bertz CT molecular complexity index is 356. The zero-order valence-corrected chi connectivity index (χ0v) is 10.0. The third-order valence-corrected chi connectivity index (χ3v) is 3.01. The van der Waals surface area contributed by atoms with Crippen molar-refractivity contribution in [2.75, 3.05) is 31.1 Å². The lowest BCUT2D eigenvalue weighted by Gasteiger charge is -2.29. The summed E-state index contributed by atoms with van der Waals surface area (Å²) in [6, 6.07) is 2.21. The maximum absolute atomic E-state index is 5.85. The lowest BCUT2D eigenvalue weighted by Crippen LogP contribution is -2.44. The van der Waals surface area contributed by atoms with E-state index >= 15 is 0 Å². The molecule has 1 fully saturated rings. The smallest absolute Gasteiger partial charge is 0.131 e. The molecular formula is C12H20N4. The van der Waals surface area contributed by atoms with Crippen LogP contribution in [-0.2, 0) is 0 Å². The number of nitrogens with one attached hydrogen (secondary N) is 1. The summed E-state index contributed by atoms with van der Waals surface area (Å²) in [5.41, 5.74) is 8.17. The molecule has 0 aromatic carbocycles. The number of aromatic nitrogens is 1. The van der Waals surface area contributed by atoms with E-state index in [2.05, 4.69) is 28.2 Å². The summed E-state index contributed by atoms with van der Waals surface area (Å²) in [6.07, 6.45) is 1.90. The Labute approximate surface area is 96.8 Å². The van der Waals surface area contributed by atoms with Gasteiger partial charge in [0.15, 0.2) is 0 Å². The topological polar surface area (TPSA) is 54.2 Å². The Hall–Kier alpha value is -1.13. The standard InChI is InChI=1S/C12H20N4/c1-9-7-11(10(2)13)8-15-12(9)16-5-3-14-4-6-16/h7-8,10,14H,3-6,13H2,1-2H3/t10-/m0/s1. The van der Waals surface area contributed by atoms with Crippen LogP contribution >= 0.6 is 0 Å². The Morgan fingerprint density at radius 2 is 2.12 bits per heavy atom. The number of pyridine rings is 1. The second-order valence-corrected chi connectivity index (χ2v) is 4.43. The molecule has 0 unspecified atom stereocenters. The molecule has 0 saturated carbocycles. The monoisotopic (exact) mass is 220 g/mol. The first kappa shape index (κ1) is 11.4. The van der Waals surface area contributed by atoms with E-state index in [4.69, 9.17) is 5.73 Å². The van der Waals surface area contributed by atoms with Crippen LogP contribution in [0.25, 0.3) is 0 Å². The van der Waals surface area contributed by atoms with Gasteiger partial charge in [-0.05, 0) is 31.0 Å². The van der Waals surface area contributed by atoms with Crippen LogP contribution in [0.5, 0.6) is 0 Å². The Morgan fingerprint density at radius 3 is 2.69 bits per heavy atom. The molecule has 3 N–H and O–H groups in total. The van der Waals surface area contributed by atoms with Gasteiger partial charge in [-0.15, -0.1) is 0 Å². The van der Waals surface area contributed by atoms with Crippen molar-refractivity contribution in [2.24, 2.45) is 5.73 Å². The number of rotatable bonds is 2. The highest BCUT2D eigenvalue weighted by atomic mass is 15.2. The third kappa shape index (κ3) is 2.33. The van der Waals surface area contributed by atoms with Gasteiger partial charge in [0.1, 0.15) is 5.82 Å². The van der Waals surface area contributed by atoms with Gasteiger partial charge in [-0.2, -0.15) is 0 Å². The molecule has 0 spiro atoms. The molecule has 1 aromatic rings. The van der Waals surface area contributed by atoms with E-state index in [0.29, 0.717) is 0 Å². The molecule has 0 aliphatic carbocycles. The molecule has 2 rings (SSSR count). The van der Waals surface area contributed by atoms with Crippen molar-refractivity contribution < 1.29 is 0 Å². The van der Waals surface area contributed by atoms with Gasteiger partial charge in [-0.25, -0.2) is 4.98 Å². The summed E-state index contributed by atoms with van der Waals surface area (Å²) in [7, 11) is 0. The highest BCUT2D eigenvalue weighted by Gasteiger charge is 2.14. The van der Waals surface area contributed by atoms with Gasteiger partial charge in [-0.1, -0.05) is 0 Å². The molecule has 1 aliphatic rings. The number of aryl methyl sites for hydroxylation is 1. The first-order chi connectivity index (χ1) is 7.68. The van der Waals surface area contributed by atoms with Gasteiger partial charge in [0, 0.05) is 38.4 Å². The lowest BCUT2D eigenvalue weighted by atomic mass is 10.1. The van der Waals surface area contributed by atoms with E-state index in [1.165, 1.54) is 5.56 Å². The Morgan fingerprint density at radius 1 is 1.44 bits per heavy atom. The van der Waals surface area contributed by atoms with Gasteiger partial charge >= 0.3 is 0 Å². The molecule has 1 aliphatic heterocycles. The van der Waals surface area contributed by atoms with Crippen molar-refractivity contribution in [3.05, 3.63) is 23.4 Å². The Kier molecular flexibility index (Phi) is 3.41. The zero-order valence-electron chi connectivity index (χ0n) is 10.0. The number of anilines is 1. The summed E-state index contributed by atoms with van der Waals surface area (Å²) >= 11 is 0. The molecule has 88 valence electrons. The minimum atomic E-state index is 0.0586. The fourth-order valence-corrected chi connectivity index (χ4v) is 2.05. The first-order valence-electron chi connectivity index (χ1n) is 5.86. The third-order valence-electron chi connectivity index (χ3n) is 3.01. The summed E-state index contributed by atoms with van der Waals surface area (Å²) < 4.78 is 0. The molecule has 0 amide bonds. The van der Waals surface area contributed by atoms with E-state index in [-0.39, 0.29) is 6.04 Å². The van der Waals surface area contributed by atoms with Crippen LogP contribution in [0, 0.1) is 6.92 Å². The van der Waals surface area contributed by atoms with Gasteiger partial charge < -0.3 is 16.0 Å². The summed E-state index contributed by atoms with van der Waals surface area (Å²) in [5, 5.41) is 3.34. The maximum Gasteiger partial charge on any atom is 0.131 e. The first-order valence-corrected chi connectivity index (χ1v) is 5.86. The van der Waals surface area contributed by atoms with E-state index in [9.17, 15) is 0 Å². The van der Waals surface area contributed by atoms with Crippen LogP contribution in [0.1, 0.15) is 24.1 Å². The van der Waals surface area contributed by atoms with E-state index in [1.807, 2.05) is 13.1 Å². The van der Waals surface area contributed by atoms with Crippen LogP contribution in [0.4, 0.5) is 5.82 Å². The summed E-state index contributed by atoms with van der Waals surface area (Å²) in [5.74, 6) is 1.10. The molecule has 2 heterocycles. The van der Waals surface area contributed by atoms with Crippen LogP contribution < -0.4 is 16.0 Å². The second kappa shape index (κ2) is 4.80. The molecule has 1 atom stereocenters. The Balaban J connectivity index is 2.21. The predicted molar refractivity (Wildman–Crippen MR) is 66.7 cm³/mol. The van der Waals surface area contributed by atoms with Gasteiger partial charge in [0.05, 0.1) is 0 Å². The molecule has 1 aromatic heterocycles. The SMILES string of the molecule is Cc1cc([C@H](C)N)cnc1N1CCNCC1. The summed E-state index contributed by atoms with van der Waals surface area (Å²) in [6.45, 7) is 8.24. The molecule has 16 heavy (non-hydrogen) atoms. The van der Waals surface area contributed by atoms with Crippen molar-refractivity contribution >= 4 is 5.82 Å². The van der Waals surface area contributed by atoms with E-state index < -0.39 is 0 Å². The van der Waals surface area contributed by atoms with E-state index in [1.54, 1.807) is 0 Å². The molecule has 0 bridgehead atoms. The van der Waals surface area contributed by atoms with Crippen molar-refractivity contribution in [2.45, 2.75) is 19.9 Å². The van der Waals surface area contributed by atoms with Crippen molar-refractivity contribution in [3.8, 4) is 0 Å². The van der Waals surface area contributed by atoms with E-state index in [0.717, 1.165) is 37.6 Å². The molecule has 4 nitrogen and oxygen atoms in total. The lowest BCUT2D eigenvalue weighted by molar-refractivity contribution is 0.583. The minimum absolute atomic E-state index is 0.0586. The average Bonchev–Trinajstić information content (AvgIpc) is 2.30. The predicted octanol–water partition coefficient (Wildman–Crippen LogP) is 0.819. The molecular weight excluding hydrogens is 200 g/mol. The number of hydrogen-bond acceptors (Lipinski definition) is 4. The molecule has 0 radical (unpaired) electrons. The minimum Gasteiger partial charge on any atom is -0.354 e. The fraction of sp³-hybridized carbons (Fsp3) is 0.583. The van der Waals surface area contributed by atoms with Crippen LogP contribution in [0.3, 0.4) is 0 Å². The molecule has 4 heteroatoms. The number of nitrogens with zero attached hydrogens (tertiary/aromatic N) is 2. The number of nitrogens with two attached hydrogens (primary N) is 1. The summed E-state index contributed by atoms with van der Waals surface area (Å²) in [4.78, 5) is 6.87. The highest BCUT2D eigenvalue weighted by molar-refractivity contribution is 5.48. The van der Waals surface area contributed by atoms with Crippen LogP contribution in [0.2, 0.25) is 0 Å². The van der Waals surface area contributed by atoms with Crippen molar-refractivity contribution in [1.82, 2.24) is 10.3 Å².